The molecule has 116 valence electrons. The topological polar surface area (TPSA) is 59.4 Å². The maximum Gasteiger partial charge on any atom is 0.222 e. The number of nitrogens with one attached hydrogen (secondary N) is 1. The number of likely N-dealkylation sites (tertiary alicyclic amines) is 1. The molecule has 1 amide bonds. The number of aromatic nitrogens is 2. The van der Waals surface area contributed by atoms with Gasteiger partial charge in [-0.15, -0.1) is 0 Å². The van der Waals surface area contributed by atoms with Crippen LogP contribution in [0.4, 0.5) is 0 Å². The molecule has 2 fully saturated rings. The van der Waals surface area contributed by atoms with Crippen LogP contribution < -0.4 is 5.32 Å². The molecule has 2 saturated heterocycles. The number of ether oxygens (including phenoxy) is 1. The molecule has 0 aliphatic carbocycles. The van der Waals surface area contributed by atoms with Crippen molar-refractivity contribution in [1.82, 2.24) is 20.0 Å². The molecule has 1 aromatic rings. The van der Waals surface area contributed by atoms with Crippen molar-refractivity contribution in [2.75, 3.05) is 20.3 Å². The fourth-order valence-electron chi connectivity index (χ4n) is 3.47. The normalized spacial score (nSPS) is 30.7. The number of nitrogens with zero attached hydrogens (tertiary/aromatic N) is 3. The number of rotatable bonds is 3. The van der Waals surface area contributed by atoms with E-state index in [1.165, 1.54) is 0 Å². The van der Waals surface area contributed by atoms with E-state index in [2.05, 4.69) is 10.4 Å². The minimum absolute atomic E-state index is 0.0423. The Morgan fingerprint density at radius 3 is 2.90 bits per heavy atom. The zero-order valence-electron chi connectivity index (χ0n) is 12.8. The second-order valence-corrected chi connectivity index (χ2v) is 6.06. The van der Waals surface area contributed by atoms with Crippen LogP contribution in [0.2, 0.25) is 0 Å². The average Bonchev–Trinajstić information content (AvgIpc) is 2.90. The van der Waals surface area contributed by atoms with Crippen LogP contribution in [-0.2, 0) is 16.6 Å². The molecule has 2 aliphatic rings. The lowest BCUT2D eigenvalue weighted by Gasteiger charge is -2.41. The van der Waals surface area contributed by atoms with E-state index in [0.29, 0.717) is 12.5 Å². The van der Waals surface area contributed by atoms with E-state index in [-0.39, 0.29) is 18.0 Å². The Hall–Kier alpha value is -1.40. The Morgan fingerprint density at radius 1 is 1.38 bits per heavy atom. The molecule has 0 radical (unpaired) electrons. The quantitative estimate of drug-likeness (QED) is 0.897. The number of aryl methyl sites for hydroxylation is 1. The molecule has 3 rings (SSSR count). The van der Waals surface area contributed by atoms with Gasteiger partial charge in [-0.2, -0.15) is 5.10 Å². The summed E-state index contributed by atoms with van der Waals surface area (Å²) in [5.41, 5.74) is 1.08. The van der Waals surface area contributed by atoms with Crippen LogP contribution in [0, 0.1) is 0 Å². The van der Waals surface area contributed by atoms with E-state index in [1.807, 2.05) is 29.7 Å². The van der Waals surface area contributed by atoms with Crippen molar-refractivity contribution in [3.8, 4) is 0 Å². The molecule has 6 nitrogen and oxygen atoms in total. The van der Waals surface area contributed by atoms with Crippen molar-refractivity contribution in [2.24, 2.45) is 7.05 Å². The monoisotopic (exact) mass is 292 g/mol. The summed E-state index contributed by atoms with van der Waals surface area (Å²) in [4.78, 5) is 14.0. The van der Waals surface area contributed by atoms with E-state index in [4.69, 9.17) is 4.74 Å². The first kappa shape index (κ1) is 14.5. The molecule has 0 bridgehead atoms. The highest BCUT2D eigenvalue weighted by Gasteiger charge is 2.37. The molecule has 0 spiro atoms. The van der Waals surface area contributed by atoms with E-state index in [9.17, 15) is 4.79 Å². The molecular weight excluding hydrogens is 268 g/mol. The molecular formula is C15H24N4O2. The van der Waals surface area contributed by atoms with Crippen LogP contribution in [0.1, 0.15) is 37.4 Å². The van der Waals surface area contributed by atoms with Gasteiger partial charge in [0.1, 0.15) is 0 Å². The molecule has 1 aromatic heterocycles. The van der Waals surface area contributed by atoms with Crippen molar-refractivity contribution in [1.29, 1.82) is 0 Å². The molecule has 3 atom stereocenters. The predicted molar refractivity (Wildman–Crippen MR) is 78.7 cm³/mol. The highest BCUT2D eigenvalue weighted by atomic mass is 16.5. The molecule has 0 aromatic carbocycles. The van der Waals surface area contributed by atoms with Crippen molar-refractivity contribution < 1.29 is 9.53 Å². The summed E-state index contributed by atoms with van der Waals surface area (Å²) < 4.78 is 7.43. The highest BCUT2D eigenvalue weighted by Crippen LogP contribution is 2.31. The lowest BCUT2D eigenvalue weighted by atomic mass is 9.92. The van der Waals surface area contributed by atoms with Gasteiger partial charge in [-0.1, -0.05) is 0 Å². The van der Waals surface area contributed by atoms with E-state index < -0.39 is 0 Å². The summed E-state index contributed by atoms with van der Waals surface area (Å²) in [5.74, 6) is 0.208. The first-order chi connectivity index (χ1) is 10.2. The number of likely N-dealkylation sites (N-methyl/N-ethyl adjacent to an activating group) is 1. The third-order valence-electron chi connectivity index (χ3n) is 4.63. The molecule has 3 heterocycles. The van der Waals surface area contributed by atoms with E-state index >= 15 is 0 Å². The summed E-state index contributed by atoms with van der Waals surface area (Å²) in [6.45, 7) is 1.64. The van der Waals surface area contributed by atoms with Gasteiger partial charge in [0.15, 0.2) is 0 Å². The molecule has 21 heavy (non-hydrogen) atoms. The third kappa shape index (κ3) is 2.96. The molecule has 0 saturated carbocycles. The van der Waals surface area contributed by atoms with Gasteiger partial charge in [-0.3, -0.25) is 9.48 Å². The van der Waals surface area contributed by atoms with Gasteiger partial charge in [-0.05, 0) is 25.3 Å². The van der Waals surface area contributed by atoms with Crippen LogP contribution >= 0.6 is 0 Å². The van der Waals surface area contributed by atoms with Crippen LogP contribution in [0.3, 0.4) is 0 Å². The van der Waals surface area contributed by atoms with Crippen LogP contribution in [0.15, 0.2) is 12.3 Å². The minimum atomic E-state index is 0.0423. The SMILES string of the molecule is CN1C(=O)CC[C@@H](N[C@H]2CCCOC2)[C@@H]1c1ccnn1C. The van der Waals surface area contributed by atoms with Crippen molar-refractivity contribution >= 4 is 5.91 Å². The van der Waals surface area contributed by atoms with Crippen LogP contribution in [0.25, 0.3) is 0 Å². The van der Waals surface area contributed by atoms with Crippen LogP contribution in [-0.4, -0.2) is 52.9 Å². The zero-order chi connectivity index (χ0) is 14.8. The standard InChI is InChI=1S/C15H24N4O2/c1-18-14(20)6-5-12(17-11-4-3-9-21-10-11)15(18)13-7-8-16-19(13)2/h7-8,11-12,15,17H,3-6,9-10H2,1-2H3/t11-,12+,15+/m0/s1. The van der Waals surface area contributed by atoms with Gasteiger partial charge in [-0.25, -0.2) is 0 Å². The zero-order valence-corrected chi connectivity index (χ0v) is 12.8. The van der Waals surface area contributed by atoms with Gasteiger partial charge in [0.05, 0.1) is 18.3 Å². The molecule has 1 N–H and O–H groups in total. The fourth-order valence-corrected chi connectivity index (χ4v) is 3.47. The maximum absolute atomic E-state index is 12.1. The minimum Gasteiger partial charge on any atom is -0.380 e. The summed E-state index contributed by atoms with van der Waals surface area (Å²) in [5, 5.41) is 7.97. The number of hydrogen-bond donors (Lipinski definition) is 1. The van der Waals surface area contributed by atoms with Gasteiger partial charge >= 0.3 is 0 Å². The summed E-state index contributed by atoms with van der Waals surface area (Å²) in [6, 6.07) is 2.70. The lowest BCUT2D eigenvalue weighted by molar-refractivity contribution is -0.136. The smallest absolute Gasteiger partial charge is 0.222 e. The Labute approximate surface area is 125 Å². The van der Waals surface area contributed by atoms with E-state index in [1.54, 1.807) is 6.20 Å². The second kappa shape index (κ2) is 6.15. The number of carbonyl (C=O) groups excluding carboxylic acids is 1. The number of piperidine rings is 1. The first-order valence-electron chi connectivity index (χ1n) is 7.74. The number of amides is 1. The van der Waals surface area contributed by atoms with Gasteiger partial charge in [0.25, 0.3) is 0 Å². The number of carbonyl (C=O) groups is 1. The fraction of sp³-hybridized carbons (Fsp3) is 0.733. The number of hydrogen-bond acceptors (Lipinski definition) is 4. The molecule has 6 heteroatoms. The lowest BCUT2D eigenvalue weighted by Crippen LogP contribution is -2.53. The molecule has 0 unspecified atom stereocenters. The van der Waals surface area contributed by atoms with Gasteiger partial charge < -0.3 is 15.0 Å². The van der Waals surface area contributed by atoms with Crippen molar-refractivity contribution in [3.63, 3.8) is 0 Å². The molecule has 2 aliphatic heterocycles. The highest BCUT2D eigenvalue weighted by molar-refractivity contribution is 5.77. The van der Waals surface area contributed by atoms with Crippen molar-refractivity contribution in [2.45, 2.75) is 43.8 Å². The predicted octanol–water partition coefficient (Wildman–Crippen LogP) is 0.851. The maximum atomic E-state index is 12.1. The third-order valence-corrected chi connectivity index (χ3v) is 4.63. The Morgan fingerprint density at radius 2 is 2.24 bits per heavy atom. The largest absolute Gasteiger partial charge is 0.380 e. The summed E-state index contributed by atoms with van der Waals surface area (Å²) in [6.07, 6.45) is 5.52. The first-order valence-corrected chi connectivity index (χ1v) is 7.74. The Kier molecular flexibility index (Phi) is 4.26. The van der Waals surface area contributed by atoms with Gasteiger partial charge in [0.2, 0.25) is 5.91 Å². The van der Waals surface area contributed by atoms with Gasteiger partial charge in [0, 0.05) is 45.4 Å². The second-order valence-electron chi connectivity index (χ2n) is 6.06. The summed E-state index contributed by atoms with van der Waals surface area (Å²) in [7, 11) is 3.83. The van der Waals surface area contributed by atoms with E-state index in [0.717, 1.165) is 38.2 Å². The Balaban J connectivity index is 1.79. The average molecular weight is 292 g/mol. The summed E-state index contributed by atoms with van der Waals surface area (Å²) >= 11 is 0. The van der Waals surface area contributed by atoms with Crippen LogP contribution in [0.5, 0.6) is 0 Å². The van der Waals surface area contributed by atoms with Crippen molar-refractivity contribution in [3.05, 3.63) is 18.0 Å². The Bertz CT molecular complexity index is 496.